The molecule has 2 nitrogen and oxygen atoms in total. The van der Waals surface area contributed by atoms with E-state index in [9.17, 15) is 5.11 Å². The van der Waals surface area contributed by atoms with E-state index in [0.29, 0.717) is 0 Å². The van der Waals surface area contributed by atoms with Gasteiger partial charge in [-0.25, -0.2) is 0 Å². The summed E-state index contributed by atoms with van der Waals surface area (Å²) in [5.74, 6) is 0. The second kappa shape index (κ2) is 5.71. The summed E-state index contributed by atoms with van der Waals surface area (Å²) in [5.41, 5.74) is 6.32. The van der Waals surface area contributed by atoms with E-state index in [-0.39, 0.29) is 12.1 Å². The lowest BCUT2D eigenvalue weighted by Crippen LogP contribution is -2.33. The number of aliphatic hydroxyl groups is 1. The molecule has 0 fully saturated rings. The molecule has 1 aliphatic carbocycles. The summed E-state index contributed by atoms with van der Waals surface area (Å²) in [5, 5.41) is 10.6. The average molecular weight is 303 g/mol. The molecule has 2 atom stereocenters. The predicted molar refractivity (Wildman–Crippen MR) is 93.8 cm³/mol. The Hall–Kier alpha value is -2.32. The summed E-state index contributed by atoms with van der Waals surface area (Å²) >= 11 is 0. The first-order valence-corrected chi connectivity index (χ1v) is 8.18. The lowest BCUT2D eigenvalue weighted by molar-refractivity contribution is 0.0932. The third-order valence-corrected chi connectivity index (χ3v) is 4.79. The summed E-state index contributed by atoms with van der Waals surface area (Å²) in [4.78, 5) is 2.30. The van der Waals surface area contributed by atoms with Gasteiger partial charge in [0.25, 0.3) is 0 Å². The number of hydrogen-bond donors (Lipinski definition) is 1. The van der Waals surface area contributed by atoms with Gasteiger partial charge >= 0.3 is 0 Å². The van der Waals surface area contributed by atoms with Crippen LogP contribution in [0.3, 0.4) is 0 Å². The molecule has 116 valence electrons. The van der Waals surface area contributed by atoms with Gasteiger partial charge in [0.1, 0.15) is 0 Å². The Morgan fingerprint density at radius 1 is 1.00 bits per heavy atom. The van der Waals surface area contributed by atoms with Crippen LogP contribution in [0.15, 0.2) is 72.4 Å². The van der Waals surface area contributed by atoms with Crippen LogP contribution in [0.1, 0.15) is 29.7 Å². The normalized spacial score (nSPS) is 23.3. The molecule has 1 heterocycles. The fraction of sp³-hybridized carbons (Fsp3) is 0.238. The molecule has 0 saturated carbocycles. The molecule has 2 aromatic rings. The van der Waals surface area contributed by atoms with Crippen LogP contribution in [0.5, 0.6) is 0 Å². The molecule has 2 aliphatic rings. The van der Waals surface area contributed by atoms with Crippen molar-refractivity contribution in [2.45, 2.75) is 25.5 Å². The Morgan fingerprint density at radius 2 is 1.74 bits per heavy atom. The summed E-state index contributed by atoms with van der Waals surface area (Å²) in [7, 11) is 0. The zero-order valence-electron chi connectivity index (χ0n) is 13.3. The van der Waals surface area contributed by atoms with Crippen molar-refractivity contribution in [3.8, 4) is 0 Å². The molecule has 23 heavy (non-hydrogen) atoms. The van der Waals surface area contributed by atoms with Gasteiger partial charge in [-0.15, -0.1) is 0 Å². The van der Waals surface area contributed by atoms with Crippen LogP contribution in [0.2, 0.25) is 0 Å². The number of hydrogen-bond acceptors (Lipinski definition) is 2. The van der Waals surface area contributed by atoms with Gasteiger partial charge in [0.2, 0.25) is 0 Å². The van der Waals surface area contributed by atoms with E-state index in [1.807, 2.05) is 6.07 Å². The molecule has 0 unspecified atom stereocenters. The van der Waals surface area contributed by atoms with Crippen LogP contribution >= 0.6 is 0 Å². The van der Waals surface area contributed by atoms with Crippen molar-refractivity contribution in [2.75, 3.05) is 6.54 Å². The highest BCUT2D eigenvalue weighted by Gasteiger charge is 2.35. The number of nitrogens with zero attached hydrogens (tertiary/aromatic N) is 1. The fourth-order valence-corrected chi connectivity index (χ4v) is 3.82. The summed E-state index contributed by atoms with van der Waals surface area (Å²) < 4.78 is 0. The molecule has 0 amide bonds. The molecule has 0 spiro atoms. The maximum absolute atomic E-state index is 10.6. The largest absolute Gasteiger partial charge is 0.390 e. The van der Waals surface area contributed by atoms with Gasteiger partial charge in [0, 0.05) is 19.2 Å². The zero-order chi connectivity index (χ0) is 15.8. The monoisotopic (exact) mass is 303 g/mol. The highest BCUT2D eigenvalue weighted by molar-refractivity contribution is 5.70. The lowest BCUT2D eigenvalue weighted by Gasteiger charge is -2.34. The third kappa shape index (κ3) is 2.60. The quantitative estimate of drug-likeness (QED) is 0.908. The maximum Gasteiger partial charge on any atom is 0.0825 e. The zero-order valence-corrected chi connectivity index (χ0v) is 13.3. The molecule has 2 heteroatoms. The molecule has 0 saturated heterocycles. The van der Waals surface area contributed by atoms with E-state index in [1.54, 1.807) is 0 Å². The second-order valence-electron chi connectivity index (χ2n) is 6.50. The van der Waals surface area contributed by atoms with Gasteiger partial charge in [-0.3, -0.25) is 0 Å². The minimum absolute atomic E-state index is 0.0496. The second-order valence-corrected chi connectivity index (χ2v) is 6.50. The van der Waals surface area contributed by atoms with Crippen molar-refractivity contribution in [3.63, 3.8) is 0 Å². The molecule has 4 rings (SSSR count). The van der Waals surface area contributed by atoms with Crippen molar-refractivity contribution in [2.24, 2.45) is 0 Å². The Morgan fingerprint density at radius 3 is 2.57 bits per heavy atom. The molecule has 0 radical (unpaired) electrons. The van der Waals surface area contributed by atoms with E-state index in [4.69, 9.17) is 0 Å². The number of rotatable bonds is 2. The molecular formula is C21H21NO. The molecule has 1 aliphatic heterocycles. The predicted octanol–water partition coefficient (Wildman–Crippen LogP) is 3.95. The average Bonchev–Trinajstić information content (AvgIpc) is 2.91. The van der Waals surface area contributed by atoms with Crippen LogP contribution < -0.4 is 0 Å². The van der Waals surface area contributed by atoms with Gasteiger partial charge in [0.15, 0.2) is 0 Å². The summed E-state index contributed by atoms with van der Waals surface area (Å²) in [6, 6.07) is 19.0. The van der Waals surface area contributed by atoms with E-state index in [0.717, 1.165) is 13.0 Å². The molecule has 1 N–H and O–H groups in total. The van der Waals surface area contributed by atoms with Gasteiger partial charge in [-0.05, 0) is 34.8 Å². The van der Waals surface area contributed by atoms with E-state index in [2.05, 4.69) is 72.6 Å². The summed E-state index contributed by atoms with van der Waals surface area (Å²) in [6.07, 6.45) is 4.84. The standard InChI is InChI=1S/C21H21NO/c1-15-11-18(16-7-3-2-4-8-16)14-22(13-15)21-19-10-6-5-9-17(19)12-20(21)23/h2-11,13,20-21,23H,12,14H2,1H3/t20-,21-/m1/s1. The first-order valence-electron chi connectivity index (χ1n) is 8.18. The van der Waals surface area contributed by atoms with Crippen molar-refractivity contribution >= 4 is 5.57 Å². The van der Waals surface area contributed by atoms with Crippen molar-refractivity contribution in [3.05, 3.63) is 89.1 Å². The van der Waals surface area contributed by atoms with Crippen molar-refractivity contribution in [1.82, 2.24) is 4.90 Å². The van der Waals surface area contributed by atoms with Crippen molar-refractivity contribution < 1.29 is 5.11 Å². The topological polar surface area (TPSA) is 23.5 Å². The Kier molecular flexibility index (Phi) is 3.55. The molecular weight excluding hydrogens is 282 g/mol. The van der Waals surface area contributed by atoms with Gasteiger partial charge in [0.05, 0.1) is 12.1 Å². The fourth-order valence-electron chi connectivity index (χ4n) is 3.82. The van der Waals surface area contributed by atoms with Crippen molar-refractivity contribution in [1.29, 1.82) is 0 Å². The smallest absolute Gasteiger partial charge is 0.0825 e. The summed E-state index contributed by atoms with van der Waals surface area (Å²) in [6.45, 7) is 2.96. The van der Waals surface area contributed by atoms with E-state index >= 15 is 0 Å². The highest BCUT2D eigenvalue weighted by atomic mass is 16.3. The van der Waals surface area contributed by atoms with Crippen LogP contribution in [-0.2, 0) is 6.42 Å². The molecule has 0 bridgehead atoms. The minimum atomic E-state index is -0.341. The number of allylic oxidation sites excluding steroid dienone is 2. The van der Waals surface area contributed by atoms with Crippen LogP contribution in [0, 0.1) is 0 Å². The van der Waals surface area contributed by atoms with Crippen LogP contribution in [0.4, 0.5) is 0 Å². The highest BCUT2D eigenvalue weighted by Crippen LogP contribution is 2.38. The molecule has 2 aromatic carbocycles. The Labute approximate surface area is 137 Å². The van der Waals surface area contributed by atoms with E-state index in [1.165, 1.54) is 27.8 Å². The SMILES string of the molecule is CC1=CN([C@@H]2c3ccccc3C[C@H]2O)CC(c2ccccc2)=C1. The first kappa shape index (κ1) is 14.3. The van der Waals surface area contributed by atoms with Gasteiger partial charge < -0.3 is 10.0 Å². The van der Waals surface area contributed by atoms with Crippen LogP contribution in [0.25, 0.3) is 5.57 Å². The van der Waals surface area contributed by atoms with Gasteiger partial charge in [-0.2, -0.15) is 0 Å². The number of aliphatic hydroxyl groups excluding tert-OH is 1. The number of fused-ring (bicyclic) bond motifs is 1. The molecule has 0 aromatic heterocycles. The minimum Gasteiger partial charge on any atom is -0.390 e. The Balaban J connectivity index is 1.68. The maximum atomic E-state index is 10.6. The Bertz CT molecular complexity index is 775. The lowest BCUT2D eigenvalue weighted by atomic mass is 9.98. The van der Waals surface area contributed by atoms with Gasteiger partial charge in [-0.1, -0.05) is 60.7 Å². The third-order valence-electron chi connectivity index (χ3n) is 4.79. The van der Waals surface area contributed by atoms with E-state index < -0.39 is 0 Å². The number of benzene rings is 2. The van der Waals surface area contributed by atoms with Crippen LogP contribution in [-0.4, -0.2) is 22.7 Å². The first-order chi connectivity index (χ1) is 11.2.